The molecular formula is H7AlCuNiSi. The van der Waals surface area contributed by atoms with Crippen molar-refractivity contribution in [2.45, 2.75) is 0 Å². The monoisotopic (exact) mass is 183 g/mol. The molecule has 0 aliphatic carbocycles. The first-order valence-corrected chi connectivity index (χ1v) is 0. The summed E-state index contributed by atoms with van der Waals surface area (Å²) in [5.41, 5.74) is 0. The van der Waals surface area contributed by atoms with Gasteiger partial charge in [-0.15, -0.1) is 0 Å². The molecule has 0 fully saturated rings. The van der Waals surface area contributed by atoms with Gasteiger partial charge in [0.25, 0.3) is 0 Å². The van der Waals surface area contributed by atoms with Crippen molar-refractivity contribution in [3.63, 3.8) is 0 Å². The largest absolute Gasteiger partial charge is 0.187 e. The van der Waals surface area contributed by atoms with Crippen LogP contribution >= 0.6 is 0 Å². The maximum atomic E-state index is 0. The van der Waals surface area contributed by atoms with E-state index in [1.807, 2.05) is 0 Å². The van der Waals surface area contributed by atoms with Crippen LogP contribution in [0.5, 0.6) is 0 Å². The smallest absolute Gasteiger partial charge is 0.0149 e. The minimum atomic E-state index is 0. The van der Waals surface area contributed by atoms with Crippen molar-refractivity contribution in [1.82, 2.24) is 0 Å². The Morgan fingerprint density at radius 1 is 1.00 bits per heavy atom. The van der Waals surface area contributed by atoms with Crippen molar-refractivity contribution in [2.24, 2.45) is 0 Å². The summed E-state index contributed by atoms with van der Waals surface area (Å²) in [5, 5.41) is 0. The van der Waals surface area contributed by atoms with Gasteiger partial charge in [0.2, 0.25) is 0 Å². The van der Waals surface area contributed by atoms with Crippen LogP contribution in [0, 0.1) is 0 Å². The normalized spacial score (nSPS) is 0. The first-order valence-electron chi connectivity index (χ1n) is 0. The maximum absolute atomic E-state index is 0. The van der Waals surface area contributed by atoms with E-state index in [0.29, 0.717) is 0 Å². The summed E-state index contributed by atoms with van der Waals surface area (Å²) in [4.78, 5) is 0. The number of rotatable bonds is 0. The molecular weight excluding hydrogens is 177 g/mol. The molecule has 0 saturated heterocycles. The topological polar surface area (TPSA) is 0 Å². The van der Waals surface area contributed by atoms with E-state index in [4.69, 9.17) is 0 Å². The molecule has 0 spiro atoms. The van der Waals surface area contributed by atoms with Crippen molar-refractivity contribution >= 4 is 28.3 Å². The van der Waals surface area contributed by atoms with E-state index in [9.17, 15) is 0 Å². The molecule has 0 aromatic carbocycles. The zero-order chi connectivity index (χ0) is 0. The van der Waals surface area contributed by atoms with Crippen LogP contribution in [0.3, 0.4) is 0 Å². The third kappa shape index (κ3) is 9.24. The molecule has 35 valence electrons. The summed E-state index contributed by atoms with van der Waals surface area (Å²) in [6, 6.07) is 0. The van der Waals surface area contributed by atoms with Crippen molar-refractivity contribution in [3.8, 4) is 0 Å². The van der Waals surface area contributed by atoms with Crippen LogP contribution in [0.15, 0.2) is 0 Å². The van der Waals surface area contributed by atoms with Crippen molar-refractivity contribution in [1.29, 1.82) is 0 Å². The summed E-state index contributed by atoms with van der Waals surface area (Å²) < 4.78 is 0. The summed E-state index contributed by atoms with van der Waals surface area (Å²) in [5.74, 6) is 0. The fourth-order valence-corrected chi connectivity index (χ4v) is 0. The van der Waals surface area contributed by atoms with E-state index in [1.165, 1.54) is 0 Å². The molecule has 0 heterocycles. The van der Waals surface area contributed by atoms with Gasteiger partial charge in [-0.3, -0.25) is 0 Å². The van der Waals surface area contributed by atoms with Crippen LogP contribution < -0.4 is 0 Å². The Morgan fingerprint density at radius 2 is 1.00 bits per heavy atom. The van der Waals surface area contributed by atoms with Crippen LogP contribution in [-0.4, -0.2) is 28.3 Å². The van der Waals surface area contributed by atoms with E-state index < -0.39 is 0 Å². The molecule has 0 bridgehead atoms. The molecule has 0 N–H and O–H groups in total. The Labute approximate surface area is 61.7 Å². The van der Waals surface area contributed by atoms with Crippen molar-refractivity contribution in [2.75, 3.05) is 0 Å². The molecule has 4 heavy (non-hydrogen) atoms. The van der Waals surface area contributed by atoms with Crippen LogP contribution in [0.4, 0.5) is 0 Å². The summed E-state index contributed by atoms with van der Waals surface area (Å²) in [6.07, 6.45) is 0. The van der Waals surface area contributed by atoms with E-state index in [2.05, 4.69) is 0 Å². The van der Waals surface area contributed by atoms with Crippen LogP contribution in [-0.2, 0) is 33.6 Å². The van der Waals surface area contributed by atoms with Gasteiger partial charge in [-0.2, -0.15) is 0 Å². The second kappa shape index (κ2) is 21.7. The molecule has 0 rings (SSSR count). The van der Waals surface area contributed by atoms with E-state index in [-0.39, 0.29) is 61.9 Å². The summed E-state index contributed by atoms with van der Waals surface area (Å²) in [7, 11) is 0. The quantitative estimate of drug-likeness (QED) is 0.361. The van der Waals surface area contributed by atoms with Gasteiger partial charge in [0.05, 0.1) is 0 Å². The van der Waals surface area contributed by atoms with Crippen molar-refractivity contribution < 1.29 is 33.6 Å². The third-order valence-corrected chi connectivity index (χ3v) is 0. The third-order valence-electron chi connectivity index (χ3n) is 0. The van der Waals surface area contributed by atoms with Crippen LogP contribution in [0.1, 0.15) is 0 Å². The zero-order valence-corrected chi connectivity index (χ0v) is 2.55. The molecule has 1 radical (unpaired) electrons. The SMILES string of the molecule is [AlH3].[Cu].[Ni].[SiH4]. The molecule has 0 aromatic rings. The fraction of sp³-hybridized carbons (Fsp3) is 0. The Bertz CT molecular complexity index is 8.00. The zero-order valence-electron chi connectivity index (χ0n) is 0.618. The average molecular weight is 184 g/mol. The van der Waals surface area contributed by atoms with Gasteiger partial charge in [0.15, 0.2) is 17.4 Å². The van der Waals surface area contributed by atoms with E-state index >= 15 is 0 Å². The first-order chi connectivity index (χ1) is 0. The van der Waals surface area contributed by atoms with E-state index in [1.54, 1.807) is 0 Å². The Balaban J connectivity index is 0. The molecule has 0 aliphatic rings. The van der Waals surface area contributed by atoms with Gasteiger partial charge >= 0.3 is 0 Å². The molecule has 0 amide bonds. The Kier molecular flexibility index (Phi) is 228. The van der Waals surface area contributed by atoms with Gasteiger partial charge in [-0.05, 0) is 11.0 Å². The molecule has 0 nitrogen and oxygen atoms in total. The molecule has 4 heteroatoms. The molecule has 0 aliphatic heterocycles. The Hall–Kier alpha value is 1.76. The number of hydrogen-bond donors (Lipinski definition) is 0. The second-order valence-corrected chi connectivity index (χ2v) is 0. The fourth-order valence-electron chi connectivity index (χ4n) is 0. The van der Waals surface area contributed by atoms with Gasteiger partial charge < -0.3 is 0 Å². The summed E-state index contributed by atoms with van der Waals surface area (Å²) >= 11 is 0. The summed E-state index contributed by atoms with van der Waals surface area (Å²) in [6.45, 7) is 0. The standard InChI is InChI=1S/Al.Cu.Ni.H4Si.3H/h;;;1H4;;;. The first kappa shape index (κ1) is 42.1. The molecule has 0 saturated carbocycles. The Morgan fingerprint density at radius 3 is 1.00 bits per heavy atom. The predicted octanol–water partition coefficient (Wildman–Crippen LogP) is -2.64. The minimum absolute atomic E-state index is 0. The maximum Gasteiger partial charge on any atom is 0.187 e. The van der Waals surface area contributed by atoms with Gasteiger partial charge in [-0.25, -0.2) is 0 Å². The predicted molar refractivity (Wildman–Crippen MR) is 21.3 cm³/mol. The average Bonchev–Trinajstić information content (AvgIpc) is 0. The molecule has 0 aromatic heterocycles. The second-order valence-electron chi connectivity index (χ2n) is 0. The van der Waals surface area contributed by atoms with Crippen molar-refractivity contribution in [3.05, 3.63) is 0 Å². The van der Waals surface area contributed by atoms with Gasteiger partial charge in [0.1, 0.15) is 0 Å². The van der Waals surface area contributed by atoms with Crippen LogP contribution in [0.2, 0.25) is 0 Å². The van der Waals surface area contributed by atoms with Crippen LogP contribution in [0.25, 0.3) is 0 Å². The van der Waals surface area contributed by atoms with Gasteiger partial charge in [0, 0.05) is 33.6 Å². The minimum Gasteiger partial charge on any atom is -0.0149 e. The van der Waals surface area contributed by atoms with E-state index in [0.717, 1.165) is 0 Å². The number of hydrogen-bond acceptors (Lipinski definition) is 0. The van der Waals surface area contributed by atoms with Gasteiger partial charge in [-0.1, -0.05) is 0 Å². The molecule has 0 atom stereocenters. The molecule has 0 unspecified atom stereocenters.